The van der Waals surface area contributed by atoms with Gasteiger partial charge in [-0.15, -0.1) is 0 Å². The van der Waals surface area contributed by atoms with E-state index in [0.717, 1.165) is 11.8 Å². The van der Waals surface area contributed by atoms with Gasteiger partial charge in [0.05, 0.1) is 20.7 Å². The smallest absolute Gasteiger partial charge is 0.181 e. The van der Waals surface area contributed by atoms with Crippen LogP contribution in [0.25, 0.3) is 5.41 Å². The summed E-state index contributed by atoms with van der Waals surface area (Å²) in [4.78, 5) is 0.0162. The molecule has 0 saturated carbocycles. The molecule has 0 saturated heterocycles. The van der Waals surface area contributed by atoms with Crippen LogP contribution in [0.3, 0.4) is 0 Å². The van der Waals surface area contributed by atoms with E-state index in [1.54, 1.807) is 0 Å². The van der Waals surface area contributed by atoms with E-state index in [2.05, 4.69) is 6.26 Å². The molecule has 0 N–H and O–H groups in total. The molecule has 0 aromatic heterocycles. The van der Waals surface area contributed by atoms with Gasteiger partial charge in [0, 0.05) is 32.7 Å². The molecule has 0 aliphatic rings. The predicted molar refractivity (Wildman–Crippen MR) is 69.8 cm³/mol. The summed E-state index contributed by atoms with van der Waals surface area (Å²) in [6.45, 7) is 0. The van der Waals surface area contributed by atoms with Crippen molar-refractivity contribution >= 4 is 49.8 Å². The van der Waals surface area contributed by atoms with Crippen LogP contribution in [0.2, 0.25) is 10.0 Å². The number of hydrogen-bond donors (Lipinski definition) is 0. The summed E-state index contributed by atoms with van der Waals surface area (Å²) in [5.74, 6) is -0.487. The largest absolute Gasteiger partial charge is 0.803 e. The van der Waals surface area contributed by atoms with Crippen molar-refractivity contribution in [2.24, 2.45) is 0 Å². The second-order valence-corrected chi connectivity index (χ2v) is 6.44. The third-order valence-electron chi connectivity index (χ3n) is 1.73. The van der Waals surface area contributed by atoms with E-state index in [0.29, 0.717) is 0 Å². The van der Waals surface area contributed by atoms with E-state index < -0.39 is 15.6 Å². The minimum atomic E-state index is -3.60. The van der Waals surface area contributed by atoms with Crippen LogP contribution >= 0.6 is 35.0 Å². The van der Waals surface area contributed by atoms with Crippen LogP contribution in [0.15, 0.2) is 23.1 Å². The standard InChI is InChI=1S/C9H7Cl2NO2S2.Y/c1-15-9(12)5-16(13,14)6-2-3-7(10)8(11)4-6;/h2-4H,1,5H2;/q-2;. The topological polar surface area (TPSA) is 56.4 Å². The fraction of sp³-hybridized carbons (Fsp3) is 0.111. The zero-order chi connectivity index (χ0) is 12.3. The molecule has 3 nitrogen and oxygen atoms in total. The van der Waals surface area contributed by atoms with Gasteiger partial charge in [-0.05, 0) is 18.2 Å². The van der Waals surface area contributed by atoms with E-state index in [4.69, 9.17) is 28.6 Å². The Balaban J connectivity index is 0.00000256. The second-order valence-electron chi connectivity index (χ2n) is 2.87. The Bertz CT molecular complexity index is 520. The number of thioether (sulfide) groups is 1. The van der Waals surface area contributed by atoms with Gasteiger partial charge in [0.1, 0.15) is 0 Å². The summed E-state index contributed by atoms with van der Waals surface area (Å²) in [5.41, 5.74) is 0. The van der Waals surface area contributed by atoms with Gasteiger partial charge in [-0.2, -0.15) is 5.04 Å². The maximum absolute atomic E-state index is 11.7. The van der Waals surface area contributed by atoms with Crippen molar-refractivity contribution in [2.45, 2.75) is 4.90 Å². The van der Waals surface area contributed by atoms with Gasteiger partial charge in [-0.25, -0.2) is 8.42 Å². The van der Waals surface area contributed by atoms with E-state index >= 15 is 0 Å². The molecule has 0 aliphatic heterocycles. The van der Waals surface area contributed by atoms with Crippen molar-refractivity contribution in [2.75, 3.05) is 5.75 Å². The van der Waals surface area contributed by atoms with Gasteiger partial charge < -0.3 is 17.2 Å². The quantitative estimate of drug-likeness (QED) is 0.456. The number of nitrogens with zero attached hydrogens (tertiary/aromatic N) is 1. The fourth-order valence-electron chi connectivity index (χ4n) is 0.958. The Hall–Kier alpha value is 0.874. The second kappa shape index (κ2) is 7.46. The number of rotatable bonds is 3. The van der Waals surface area contributed by atoms with Gasteiger partial charge in [0.25, 0.3) is 0 Å². The zero-order valence-corrected chi connectivity index (χ0v) is 14.5. The van der Waals surface area contributed by atoms with Crippen LogP contribution in [0.5, 0.6) is 0 Å². The minimum Gasteiger partial charge on any atom is -0.803 e. The Morgan fingerprint density at radius 1 is 1.35 bits per heavy atom. The zero-order valence-electron chi connectivity index (χ0n) is 8.56. The Morgan fingerprint density at radius 3 is 2.41 bits per heavy atom. The van der Waals surface area contributed by atoms with Gasteiger partial charge in [-0.3, -0.25) is 6.26 Å². The summed E-state index contributed by atoms with van der Waals surface area (Å²) in [7, 11) is -3.60. The van der Waals surface area contributed by atoms with Gasteiger partial charge in [0.15, 0.2) is 9.84 Å². The molecule has 1 aromatic carbocycles. The molecule has 0 fully saturated rings. The molecular formula is C9H7Cl2NO2S2Y-2. The fourth-order valence-corrected chi connectivity index (χ4v) is 3.18. The van der Waals surface area contributed by atoms with Crippen LogP contribution in [-0.2, 0) is 42.5 Å². The van der Waals surface area contributed by atoms with Crippen LogP contribution < -0.4 is 0 Å². The summed E-state index contributed by atoms with van der Waals surface area (Å²) in [6, 6.07) is 3.98. The van der Waals surface area contributed by atoms with Crippen molar-refractivity contribution in [3.05, 3.63) is 39.9 Å². The van der Waals surface area contributed by atoms with E-state index in [9.17, 15) is 8.42 Å². The molecule has 91 valence electrons. The molecule has 0 heterocycles. The van der Waals surface area contributed by atoms with Crippen molar-refractivity contribution in [3.63, 3.8) is 0 Å². The Labute approximate surface area is 140 Å². The monoisotopic (exact) mass is 384 g/mol. The van der Waals surface area contributed by atoms with Crippen molar-refractivity contribution in [3.8, 4) is 0 Å². The first-order valence-electron chi connectivity index (χ1n) is 4.01. The van der Waals surface area contributed by atoms with E-state index in [1.165, 1.54) is 18.2 Å². The van der Waals surface area contributed by atoms with Crippen molar-refractivity contribution in [1.29, 1.82) is 0 Å². The predicted octanol–water partition coefficient (Wildman–Crippen LogP) is 3.26. The molecule has 1 radical (unpaired) electrons. The molecule has 0 spiro atoms. The van der Waals surface area contributed by atoms with Crippen LogP contribution in [0.4, 0.5) is 0 Å². The van der Waals surface area contributed by atoms with Gasteiger partial charge in [-0.1, -0.05) is 23.2 Å². The normalized spacial score (nSPS) is 10.8. The molecule has 0 atom stereocenters. The molecule has 0 unspecified atom stereocenters. The maximum atomic E-state index is 11.7. The Kier molecular flexibility index (Phi) is 7.84. The van der Waals surface area contributed by atoms with Crippen LogP contribution in [-0.4, -0.2) is 19.2 Å². The van der Waals surface area contributed by atoms with Crippen LogP contribution in [0, 0.1) is 6.26 Å². The molecule has 1 aromatic rings. The van der Waals surface area contributed by atoms with Gasteiger partial charge in [0.2, 0.25) is 0 Å². The Morgan fingerprint density at radius 2 is 1.94 bits per heavy atom. The average Bonchev–Trinajstić information content (AvgIpc) is 2.21. The maximum Gasteiger partial charge on any atom is 0.181 e. The molecule has 0 amide bonds. The number of benzene rings is 1. The van der Waals surface area contributed by atoms with E-state index in [-0.39, 0.29) is 52.7 Å². The number of halogens is 2. The first-order chi connectivity index (χ1) is 7.36. The molecule has 8 heteroatoms. The summed E-state index contributed by atoms with van der Waals surface area (Å²) >= 11 is 12.1. The minimum absolute atomic E-state index is 0. The molecule has 1 rings (SSSR count). The molecule has 0 bridgehead atoms. The third-order valence-corrected chi connectivity index (χ3v) is 4.76. The molecule has 17 heavy (non-hydrogen) atoms. The van der Waals surface area contributed by atoms with E-state index in [1.807, 2.05) is 0 Å². The molecular weight excluding hydrogens is 378 g/mol. The van der Waals surface area contributed by atoms with Crippen molar-refractivity contribution < 1.29 is 41.1 Å². The summed E-state index contributed by atoms with van der Waals surface area (Å²) in [5, 5.41) is 9.32. The van der Waals surface area contributed by atoms with Crippen LogP contribution in [0.1, 0.15) is 0 Å². The van der Waals surface area contributed by atoms with Crippen molar-refractivity contribution in [1.82, 2.24) is 0 Å². The third kappa shape index (κ3) is 5.17. The van der Waals surface area contributed by atoms with Gasteiger partial charge >= 0.3 is 0 Å². The number of sulfone groups is 1. The average molecular weight is 385 g/mol. The summed E-state index contributed by atoms with van der Waals surface area (Å²) < 4.78 is 23.5. The first-order valence-corrected chi connectivity index (χ1v) is 7.41. The summed E-state index contributed by atoms with van der Waals surface area (Å²) in [6.07, 6.45) is 3.31. The SMILES string of the molecule is [CH2-]SC(=[N-])CS(=O)(=O)c1ccc(Cl)c(Cl)c1.[Y]. The molecule has 0 aliphatic carbocycles. The number of hydrogen-bond acceptors (Lipinski definition) is 3. The first kappa shape index (κ1) is 17.9.